The molecule has 0 radical (unpaired) electrons. The van der Waals surface area contributed by atoms with Crippen molar-refractivity contribution in [3.63, 3.8) is 0 Å². The number of nitrogens with one attached hydrogen (secondary N) is 1. The maximum absolute atomic E-state index is 12.3. The van der Waals surface area contributed by atoms with Crippen LogP contribution >= 0.6 is 23.2 Å². The van der Waals surface area contributed by atoms with Crippen LogP contribution in [0.4, 0.5) is 5.69 Å². The Morgan fingerprint density at radius 3 is 2.43 bits per heavy atom. The third-order valence-electron chi connectivity index (χ3n) is 5.04. The zero-order chi connectivity index (χ0) is 20.5. The second-order valence-electron chi connectivity index (χ2n) is 6.74. The van der Waals surface area contributed by atoms with E-state index in [0.717, 1.165) is 5.41 Å². The first-order chi connectivity index (χ1) is 13.2. The van der Waals surface area contributed by atoms with Gasteiger partial charge in [-0.3, -0.25) is 9.69 Å². The number of nitrogens with zero attached hydrogens (tertiary/aromatic N) is 3. The van der Waals surface area contributed by atoms with E-state index in [1.807, 2.05) is 0 Å². The summed E-state index contributed by atoms with van der Waals surface area (Å²) in [7, 11) is -3.37. The minimum atomic E-state index is -3.37. The Labute approximate surface area is 174 Å². The van der Waals surface area contributed by atoms with Gasteiger partial charge in [0.25, 0.3) is 0 Å². The van der Waals surface area contributed by atoms with Gasteiger partial charge in [0.2, 0.25) is 15.9 Å². The molecule has 8 nitrogen and oxygen atoms in total. The van der Waals surface area contributed by atoms with E-state index >= 15 is 0 Å². The van der Waals surface area contributed by atoms with Crippen LogP contribution in [-0.4, -0.2) is 85.4 Å². The minimum Gasteiger partial charge on any atom is -0.506 e. The molecular formula is C17H22Cl2N4O4S. The molecule has 0 aliphatic carbocycles. The molecule has 28 heavy (non-hydrogen) atoms. The fraction of sp³-hybridized carbons (Fsp3) is 0.471. The number of piperazine rings is 1. The number of phenols is 1. The van der Waals surface area contributed by atoms with E-state index in [1.54, 1.807) is 4.90 Å². The topological polar surface area (TPSA) is 93.2 Å². The Kier molecular flexibility index (Phi) is 6.41. The van der Waals surface area contributed by atoms with Crippen molar-refractivity contribution in [3.8, 4) is 5.75 Å². The molecule has 0 aromatic heterocycles. The molecule has 0 bridgehead atoms. The first kappa shape index (κ1) is 21.2. The van der Waals surface area contributed by atoms with Crippen molar-refractivity contribution in [3.05, 3.63) is 34.2 Å². The lowest BCUT2D eigenvalue weighted by Gasteiger charge is -2.47. The summed E-state index contributed by atoms with van der Waals surface area (Å²) >= 11 is 11.7. The van der Waals surface area contributed by atoms with E-state index in [0.29, 0.717) is 45.0 Å². The second-order valence-corrected chi connectivity index (χ2v) is 9.43. The number of hydrogen-bond donors (Lipinski definition) is 2. The zero-order valence-corrected chi connectivity index (χ0v) is 17.5. The summed E-state index contributed by atoms with van der Waals surface area (Å²) in [5, 5.41) is 14.2. The number of amides is 1. The van der Waals surface area contributed by atoms with Crippen LogP contribution in [0.3, 0.4) is 0 Å². The van der Waals surface area contributed by atoms with Gasteiger partial charge in [0.05, 0.1) is 22.3 Å². The highest BCUT2D eigenvalue weighted by molar-refractivity contribution is 7.92. The molecule has 1 aromatic carbocycles. The fourth-order valence-corrected chi connectivity index (χ4v) is 4.48. The lowest BCUT2D eigenvalue weighted by Crippen LogP contribution is -2.65. The molecule has 154 valence electrons. The first-order valence-electron chi connectivity index (χ1n) is 8.77. The molecule has 2 N–H and O–H groups in total. The number of aromatic hydroxyl groups is 1. The first-order valence-corrected chi connectivity index (χ1v) is 11.0. The summed E-state index contributed by atoms with van der Waals surface area (Å²) in [5.41, 5.74) is 0.347. The highest BCUT2D eigenvalue weighted by Gasteiger charge is 2.37. The van der Waals surface area contributed by atoms with Gasteiger partial charge in [-0.25, -0.2) is 8.42 Å². The van der Waals surface area contributed by atoms with Crippen LogP contribution in [0.15, 0.2) is 24.1 Å². The summed E-state index contributed by atoms with van der Waals surface area (Å²) in [6.07, 6.45) is 0. The summed E-state index contributed by atoms with van der Waals surface area (Å²) in [5.74, 6) is -0.161. The maximum Gasteiger partial charge on any atom is 0.241 e. The molecule has 3 rings (SSSR count). The standard InChI is InChI=1S/C17H22Cl2N4O4S/c1-2-28(26,27)23-5-3-21(4-6-23)12-10-22(11-12)17(25)9-20-15-7-13(18)14(19)8-16(15)24/h2,7-8,12,20,24H,1,3-6,9-11H2. The van der Waals surface area contributed by atoms with E-state index in [-0.39, 0.29) is 34.3 Å². The largest absolute Gasteiger partial charge is 0.506 e. The smallest absolute Gasteiger partial charge is 0.241 e. The molecule has 2 aliphatic rings. The monoisotopic (exact) mass is 448 g/mol. The highest BCUT2D eigenvalue weighted by atomic mass is 35.5. The molecule has 2 fully saturated rings. The molecule has 0 atom stereocenters. The molecule has 2 saturated heterocycles. The number of rotatable bonds is 6. The molecular weight excluding hydrogens is 427 g/mol. The number of carbonyl (C=O) groups is 1. The predicted molar refractivity (Wildman–Crippen MR) is 109 cm³/mol. The van der Waals surface area contributed by atoms with Gasteiger partial charge in [-0.15, -0.1) is 0 Å². The third-order valence-corrected chi connectivity index (χ3v) is 7.27. The lowest BCUT2D eigenvalue weighted by molar-refractivity contribution is -0.137. The van der Waals surface area contributed by atoms with Gasteiger partial charge in [-0.2, -0.15) is 4.31 Å². The Morgan fingerprint density at radius 2 is 1.82 bits per heavy atom. The average Bonchev–Trinajstić information content (AvgIpc) is 2.63. The SMILES string of the molecule is C=CS(=O)(=O)N1CCN(C2CN(C(=O)CNc3cc(Cl)c(Cl)cc3O)C2)CC1. The Morgan fingerprint density at radius 1 is 1.21 bits per heavy atom. The molecule has 2 heterocycles. The van der Waals surface area contributed by atoms with Crippen LogP contribution in [0.5, 0.6) is 5.75 Å². The third kappa shape index (κ3) is 4.55. The number of phenolic OH excluding ortho intramolecular Hbond substituents is 1. The van der Waals surface area contributed by atoms with Crippen LogP contribution in [0.25, 0.3) is 0 Å². The number of likely N-dealkylation sites (tertiary alicyclic amines) is 1. The molecule has 2 aliphatic heterocycles. The summed E-state index contributed by atoms with van der Waals surface area (Å²) in [6, 6.07) is 3.03. The molecule has 0 unspecified atom stereocenters. The van der Waals surface area contributed by atoms with Crippen LogP contribution in [-0.2, 0) is 14.8 Å². The van der Waals surface area contributed by atoms with E-state index in [4.69, 9.17) is 23.2 Å². The maximum atomic E-state index is 12.3. The van der Waals surface area contributed by atoms with Gasteiger partial charge >= 0.3 is 0 Å². The van der Waals surface area contributed by atoms with E-state index in [1.165, 1.54) is 16.4 Å². The van der Waals surface area contributed by atoms with Crippen molar-refractivity contribution in [1.29, 1.82) is 0 Å². The van der Waals surface area contributed by atoms with E-state index < -0.39 is 10.0 Å². The van der Waals surface area contributed by atoms with E-state index in [2.05, 4.69) is 16.8 Å². The average molecular weight is 449 g/mol. The number of carbonyl (C=O) groups excluding carboxylic acids is 1. The van der Waals surface area contributed by atoms with Gasteiger partial charge in [-0.05, 0) is 6.07 Å². The van der Waals surface area contributed by atoms with Crippen LogP contribution < -0.4 is 5.32 Å². The van der Waals surface area contributed by atoms with Crippen molar-refractivity contribution in [1.82, 2.24) is 14.1 Å². The van der Waals surface area contributed by atoms with E-state index in [9.17, 15) is 18.3 Å². The molecule has 1 amide bonds. The number of sulfonamides is 1. The highest BCUT2D eigenvalue weighted by Crippen LogP contribution is 2.33. The van der Waals surface area contributed by atoms with Crippen molar-refractivity contribution >= 4 is 44.8 Å². The quantitative estimate of drug-likeness (QED) is 0.639. The number of anilines is 1. The van der Waals surface area contributed by atoms with Crippen LogP contribution in [0, 0.1) is 0 Å². The molecule has 0 spiro atoms. The van der Waals surface area contributed by atoms with Gasteiger partial charge in [-0.1, -0.05) is 29.8 Å². The Balaban J connectivity index is 1.44. The predicted octanol–water partition coefficient (Wildman–Crippen LogP) is 1.41. The number of benzene rings is 1. The zero-order valence-electron chi connectivity index (χ0n) is 15.1. The van der Waals surface area contributed by atoms with Gasteiger partial charge < -0.3 is 15.3 Å². The van der Waals surface area contributed by atoms with Crippen molar-refractivity contribution in [2.45, 2.75) is 6.04 Å². The molecule has 0 saturated carbocycles. The summed E-state index contributed by atoms with van der Waals surface area (Å²) in [4.78, 5) is 16.2. The minimum absolute atomic E-state index is 0.0313. The van der Waals surface area contributed by atoms with Gasteiger partial charge in [0.15, 0.2) is 0 Å². The second kappa shape index (κ2) is 8.46. The fourth-order valence-electron chi connectivity index (χ4n) is 3.28. The number of hydrogen-bond acceptors (Lipinski definition) is 6. The van der Waals surface area contributed by atoms with Gasteiger partial charge in [0, 0.05) is 56.8 Å². The van der Waals surface area contributed by atoms with Crippen LogP contribution in [0.2, 0.25) is 10.0 Å². The van der Waals surface area contributed by atoms with Crippen molar-refractivity contribution in [2.24, 2.45) is 0 Å². The summed E-state index contributed by atoms with van der Waals surface area (Å²) in [6.45, 7) is 6.70. The summed E-state index contributed by atoms with van der Waals surface area (Å²) < 4.78 is 25.0. The number of halogens is 2. The molecule has 11 heteroatoms. The lowest BCUT2D eigenvalue weighted by atomic mass is 10.1. The molecule has 1 aromatic rings. The van der Waals surface area contributed by atoms with Crippen LogP contribution in [0.1, 0.15) is 0 Å². The Bertz CT molecular complexity index is 866. The normalized spacial score (nSPS) is 19.3. The van der Waals surface area contributed by atoms with Crippen molar-refractivity contribution in [2.75, 3.05) is 51.1 Å². The van der Waals surface area contributed by atoms with Gasteiger partial charge in [0.1, 0.15) is 5.75 Å². The Hall–Kier alpha value is -1.52. The van der Waals surface area contributed by atoms with Crippen molar-refractivity contribution < 1.29 is 18.3 Å².